The van der Waals surface area contributed by atoms with Gasteiger partial charge in [0, 0.05) is 6.04 Å². The average molecular weight is 226 g/mol. The maximum Gasteiger partial charge on any atom is 0.0241 e. The summed E-state index contributed by atoms with van der Waals surface area (Å²) in [5, 5.41) is 0. The molecule has 2 heteroatoms. The van der Waals surface area contributed by atoms with Crippen LogP contribution in [0.25, 0.3) is 0 Å². The second kappa shape index (κ2) is 7.29. The van der Waals surface area contributed by atoms with Crippen LogP contribution in [0.1, 0.15) is 65.7 Å². The average Bonchev–Trinajstić information content (AvgIpc) is 2.30. The van der Waals surface area contributed by atoms with E-state index >= 15 is 0 Å². The van der Waals surface area contributed by atoms with Gasteiger partial charge in [0.1, 0.15) is 0 Å². The van der Waals surface area contributed by atoms with Crippen molar-refractivity contribution in [1.82, 2.24) is 5.43 Å². The molecular formula is C14H30N2. The summed E-state index contributed by atoms with van der Waals surface area (Å²) in [6.45, 7) is 6.93. The fraction of sp³-hybridized carbons (Fsp3) is 1.00. The molecule has 1 saturated carbocycles. The van der Waals surface area contributed by atoms with Gasteiger partial charge < -0.3 is 0 Å². The van der Waals surface area contributed by atoms with Gasteiger partial charge >= 0.3 is 0 Å². The lowest BCUT2D eigenvalue weighted by atomic mass is 9.73. The molecule has 0 radical (unpaired) electrons. The molecule has 3 N–H and O–H groups in total. The fourth-order valence-electron chi connectivity index (χ4n) is 3.21. The third-order valence-electron chi connectivity index (χ3n) is 4.28. The largest absolute Gasteiger partial charge is 0.271 e. The molecule has 0 bridgehead atoms. The molecule has 0 aromatic rings. The first kappa shape index (κ1) is 14.0. The summed E-state index contributed by atoms with van der Waals surface area (Å²) in [5.41, 5.74) is 3.09. The molecule has 2 nitrogen and oxygen atoms in total. The summed E-state index contributed by atoms with van der Waals surface area (Å²) < 4.78 is 0. The molecule has 0 spiro atoms. The zero-order chi connectivity index (χ0) is 12.0. The molecule has 1 rings (SSSR count). The normalized spacial score (nSPS) is 28.3. The van der Waals surface area contributed by atoms with E-state index in [1.54, 1.807) is 0 Å². The number of hydrazine groups is 1. The number of hydrogen-bond acceptors (Lipinski definition) is 2. The van der Waals surface area contributed by atoms with Gasteiger partial charge in [-0.15, -0.1) is 0 Å². The SMILES string of the molecule is CCC1CCCCC1C(CCC(C)C)NN. The number of nitrogens with one attached hydrogen (secondary N) is 1. The van der Waals surface area contributed by atoms with Gasteiger partial charge in [0.05, 0.1) is 0 Å². The molecule has 0 amide bonds. The maximum atomic E-state index is 5.76. The third kappa shape index (κ3) is 4.06. The Morgan fingerprint density at radius 3 is 2.44 bits per heavy atom. The van der Waals surface area contributed by atoms with Crippen molar-refractivity contribution in [1.29, 1.82) is 0 Å². The van der Waals surface area contributed by atoms with Crippen molar-refractivity contribution >= 4 is 0 Å². The summed E-state index contributed by atoms with van der Waals surface area (Å²) >= 11 is 0. The van der Waals surface area contributed by atoms with Gasteiger partial charge in [-0.05, 0) is 37.0 Å². The molecule has 1 fully saturated rings. The first-order valence-corrected chi connectivity index (χ1v) is 7.15. The summed E-state index contributed by atoms with van der Waals surface area (Å²) in [6.07, 6.45) is 9.49. The van der Waals surface area contributed by atoms with Crippen LogP contribution in [0.3, 0.4) is 0 Å². The summed E-state index contributed by atoms with van der Waals surface area (Å²) in [5.74, 6) is 8.27. The predicted molar refractivity (Wildman–Crippen MR) is 70.9 cm³/mol. The Balaban J connectivity index is 2.48. The topological polar surface area (TPSA) is 38.0 Å². The van der Waals surface area contributed by atoms with E-state index < -0.39 is 0 Å². The van der Waals surface area contributed by atoms with Crippen molar-refractivity contribution in [2.45, 2.75) is 71.8 Å². The first-order valence-electron chi connectivity index (χ1n) is 7.15. The minimum absolute atomic E-state index is 0.549. The van der Waals surface area contributed by atoms with E-state index in [-0.39, 0.29) is 0 Å². The van der Waals surface area contributed by atoms with Crippen LogP contribution < -0.4 is 11.3 Å². The summed E-state index contributed by atoms with van der Waals surface area (Å²) in [4.78, 5) is 0. The molecule has 3 atom stereocenters. The van der Waals surface area contributed by atoms with Gasteiger partial charge in [-0.2, -0.15) is 0 Å². The van der Waals surface area contributed by atoms with E-state index in [4.69, 9.17) is 5.84 Å². The lowest BCUT2D eigenvalue weighted by Crippen LogP contribution is -2.44. The van der Waals surface area contributed by atoms with E-state index in [2.05, 4.69) is 26.2 Å². The molecule has 1 aliphatic carbocycles. The summed E-state index contributed by atoms with van der Waals surface area (Å²) in [7, 11) is 0. The molecule has 0 aromatic heterocycles. The van der Waals surface area contributed by atoms with Gasteiger partial charge in [-0.3, -0.25) is 11.3 Å². The lowest BCUT2D eigenvalue weighted by Gasteiger charge is -2.37. The molecule has 0 aliphatic heterocycles. The molecule has 0 saturated heterocycles. The highest BCUT2D eigenvalue weighted by molar-refractivity contribution is 4.83. The van der Waals surface area contributed by atoms with Crippen molar-refractivity contribution < 1.29 is 0 Å². The van der Waals surface area contributed by atoms with Gasteiger partial charge in [-0.1, -0.05) is 46.5 Å². The number of hydrogen-bond donors (Lipinski definition) is 2. The molecular weight excluding hydrogens is 196 g/mol. The van der Waals surface area contributed by atoms with Crippen LogP contribution in [0.15, 0.2) is 0 Å². The monoisotopic (exact) mass is 226 g/mol. The predicted octanol–water partition coefficient (Wildman–Crippen LogP) is 3.47. The Kier molecular flexibility index (Phi) is 6.37. The second-order valence-corrected chi connectivity index (χ2v) is 5.86. The van der Waals surface area contributed by atoms with E-state index in [0.717, 1.165) is 17.8 Å². The summed E-state index contributed by atoms with van der Waals surface area (Å²) in [6, 6.07) is 0.549. The Morgan fingerprint density at radius 2 is 1.88 bits per heavy atom. The zero-order valence-electron chi connectivity index (χ0n) is 11.3. The number of rotatable bonds is 6. The van der Waals surface area contributed by atoms with Crippen molar-refractivity contribution in [2.75, 3.05) is 0 Å². The Hall–Kier alpha value is -0.0800. The van der Waals surface area contributed by atoms with Crippen LogP contribution in [0.4, 0.5) is 0 Å². The van der Waals surface area contributed by atoms with Gasteiger partial charge in [0.25, 0.3) is 0 Å². The van der Waals surface area contributed by atoms with Crippen molar-refractivity contribution in [3.8, 4) is 0 Å². The van der Waals surface area contributed by atoms with E-state index in [0.29, 0.717) is 6.04 Å². The van der Waals surface area contributed by atoms with E-state index in [9.17, 15) is 0 Å². The van der Waals surface area contributed by atoms with Crippen molar-refractivity contribution in [2.24, 2.45) is 23.6 Å². The van der Waals surface area contributed by atoms with Crippen LogP contribution in [0, 0.1) is 17.8 Å². The van der Waals surface area contributed by atoms with Gasteiger partial charge in [-0.25, -0.2) is 0 Å². The molecule has 0 heterocycles. The zero-order valence-corrected chi connectivity index (χ0v) is 11.3. The Bertz CT molecular complexity index is 180. The highest BCUT2D eigenvalue weighted by Crippen LogP contribution is 2.35. The quantitative estimate of drug-likeness (QED) is 0.537. The molecule has 96 valence electrons. The Morgan fingerprint density at radius 1 is 1.19 bits per heavy atom. The van der Waals surface area contributed by atoms with Crippen LogP contribution in [-0.2, 0) is 0 Å². The third-order valence-corrected chi connectivity index (χ3v) is 4.28. The van der Waals surface area contributed by atoms with Crippen LogP contribution in [0.5, 0.6) is 0 Å². The lowest BCUT2D eigenvalue weighted by molar-refractivity contribution is 0.165. The van der Waals surface area contributed by atoms with Crippen molar-refractivity contribution in [3.05, 3.63) is 0 Å². The minimum Gasteiger partial charge on any atom is -0.271 e. The molecule has 3 unspecified atom stereocenters. The van der Waals surface area contributed by atoms with Crippen molar-refractivity contribution in [3.63, 3.8) is 0 Å². The maximum absolute atomic E-state index is 5.76. The van der Waals surface area contributed by atoms with Crippen LogP contribution >= 0.6 is 0 Å². The highest BCUT2D eigenvalue weighted by atomic mass is 15.2. The smallest absolute Gasteiger partial charge is 0.0241 e. The van der Waals surface area contributed by atoms with Gasteiger partial charge in [0.2, 0.25) is 0 Å². The molecule has 1 aliphatic rings. The standard InChI is InChI=1S/C14H30N2/c1-4-12-7-5-6-8-13(12)14(16-15)10-9-11(2)3/h11-14,16H,4-10,15H2,1-3H3. The number of nitrogens with two attached hydrogens (primary N) is 1. The second-order valence-electron chi connectivity index (χ2n) is 5.86. The first-order chi connectivity index (χ1) is 7.69. The van der Waals surface area contributed by atoms with Crippen LogP contribution in [0.2, 0.25) is 0 Å². The molecule has 16 heavy (non-hydrogen) atoms. The Labute approximate surface area is 101 Å². The van der Waals surface area contributed by atoms with Gasteiger partial charge in [0.15, 0.2) is 0 Å². The van der Waals surface area contributed by atoms with Crippen LogP contribution in [-0.4, -0.2) is 6.04 Å². The fourth-order valence-corrected chi connectivity index (χ4v) is 3.21. The van der Waals surface area contributed by atoms with E-state index in [1.165, 1.54) is 44.9 Å². The highest BCUT2D eigenvalue weighted by Gasteiger charge is 2.29. The molecule has 0 aromatic carbocycles. The van der Waals surface area contributed by atoms with E-state index in [1.807, 2.05) is 0 Å². The minimum atomic E-state index is 0.549.